The number of aromatic nitrogens is 1. The smallest absolute Gasteiger partial charge is 0.573 e. The molecule has 0 aliphatic carbocycles. The molecule has 19 heteroatoms. The van der Waals surface area contributed by atoms with Gasteiger partial charge in [-0.05, 0) is 41.3 Å². The predicted molar refractivity (Wildman–Crippen MR) is 221 cm³/mol. The molecule has 5 N–H and O–H groups in total. The molecule has 4 aromatic carbocycles. The van der Waals surface area contributed by atoms with Gasteiger partial charge in [-0.15, -0.1) is 13.2 Å². The zero-order chi connectivity index (χ0) is 43.5. The van der Waals surface area contributed by atoms with E-state index < -0.39 is 42.1 Å². The first-order valence-corrected chi connectivity index (χ1v) is 19.8. The molecule has 320 valence electrons. The van der Waals surface area contributed by atoms with Gasteiger partial charge in [0.1, 0.15) is 54.0 Å². The molecule has 0 aliphatic heterocycles. The lowest BCUT2D eigenvalue weighted by Gasteiger charge is -2.24. The van der Waals surface area contributed by atoms with Crippen LogP contribution >= 0.6 is 0 Å². The van der Waals surface area contributed by atoms with Gasteiger partial charge in [0.15, 0.2) is 5.75 Å². The highest BCUT2D eigenvalue weighted by Gasteiger charge is 2.31. The van der Waals surface area contributed by atoms with Crippen LogP contribution in [-0.4, -0.2) is 79.4 Å². The highest BCUT2D eigenvalue weighted by Crippen LogP contribution is 2.40. The number of pyridine rings is 1. The third-order valence-corrected chi connectivity index (χ3v) is 8.74. The number of hydrogen-bond donors (Lipinski definition) is 5. The Morgan fingerprint density at radius 1 is 0.817 bits per heavy atom. The second-order valence-corrected chi connectivity index (χ2v) is 15.0. The number of rotatable bonds is 19. The monoisotopic (exact) mass is 855 g/mol. The van der Waals surface area contributed by atoms with Crippen LogP contribution in [0.25, 0.3) is 10.8 Å². The molecule has 0 fully saturated rings. The lowest BCUT2D eigenvalue weighted by Crippen LogP contribution is -2.22. The molecule has 5 aromatic rings. The molecule has 0 spiro atoms. The summed E-state index contributed by atoms with van der Waals surface area (Å²) in [5, 5.41) is 18.6. The van der Waals surface area contributed by atoms with E-state index in [2.05, 4.69) is 30.4 Å². The third kappa shape index (κ3) is 13.4. The van der Waals surface area contributed by atoms with Crippen LogP contribution < -0.4 is 39.6 Å². The number of fused-ring (bicyclic) bond motifs is 1. The first kappa shape index (κ1) is 44.9. The van der Waals surface area contributed by atoms with E-state index >= 15 is 0 Å². The molecule has 1 unspecified atom stereocenters. The molecule has 0 saturated carbocycles. The largest absolute Gasteiger partial charge is 0.593 e. The van der Waals surface area contributed by atoms with Gasteiger partial charge >= 0.3 is 18.4 Å². The number of aliphatic carboxylic acids is 1. The lowest BCUT2D eigenvalue weighted by atomic mass is 9.86. The van der Waals surface area contributed by atoms with Crippen LogP contribution in [0.3, 0.4) is 0 Å². The van der Waals surface area contributed by atoms with Crippen LogP contribution in [0.2, 0.25) is 0 Å². The van der Waals surface area contributed by atoms with E-state index in [0.717, 1.165) is 17.7 Å². The van der Waals surface area contributed by atoms with Crippen molar-refractivity contribution in [2.24, 2.45) is 0 Å². The number of benzene rings is 4. The Morgan fingerprint density at radius 3 is 2.20 bits per heavy atom. The number of alkyl halides is 3. The molecule has 2 amide bonds. The van der Waals surface area contributed by atoms with Crippen molar-refractivity contribution in [2.45, 2.75) is 32.5 Å². The first-order chi connectivity index (χ1) is 28.5. The maximum Gasteiger partial charge on any atom is 0.573 e. The van der Waals surface area contributed by atoms with Gasteiger partial charge in [-0.2, -0.15) is 0 Å². The number of nitrogens with one attached hydrogen (secondary N) is 4. The van der Waals surface area contributed by atoms with E-state index in [0.29, 0.717) is 45.1 Å². The van der Waals surface area contributed by atoms with Gasteiger partial charge in [0.2, 0.25) is 0 Å². The Labute approximate surface area is 346 Å². The summed E-state index contributed by atoms with van der Waals surface area (Å²) in [5.74, 6) is -0.309. The predicted octanol–water partition coefficient (Wildman–Crippen LogP) is 8.82. The van der Waals surface area contributed by atoms with Crippen molar-refractivity contribution in [2.75, 3.05) is 67.1 Å². The first-order valence-electron chi connectivity index (χ1n) is 18.2. The molecule has 5 rings (SSSR count). The molecule has 60 heavy (non-hydrogen) atoms. The molecule has 1 aromatic heterocycles. The summed E-state index contributed by atoms with van der Waals surface area (Å²) >= 11 is -1.41. The average Bonchev–Trinajstić information content (AvgIpc) is 3.15. The van der Waals surface area contributed by atoms with Crippen LogP contribution in [0.5, 0.6) is 28.7 Å². The Hall–Kier alpha value is -6.15. The van der Waals surface area contributed by atoms with Crippen molar-refractivity contribution < 1.29 is 60.8 Å². The number of carboxylic acids is 1. The zero-order valence-corrected chi connectivity index (χ0v) is 34.0. The number of carbonyl (C=O) groups excluding carboxylic acids is 1. The van der Waals surface area contributed by atoms with Crippen LogP contribution in [0, 0.1) is 0 Å². The summed E-state index contributed by atoms with van der Waals surface area (Å²) in [7, 11) is 1.46. The molecule has 0 aliphatic rings. The highest BCUT2D eigenvalue weighted by molar-refractivity contribution is 7.92. The molecular formula is C41H44F3N5O10S. The molecule has 0 saturated heterocycles. The van der Waals surface area contributed by atoms with Gasteiger partial charge in [0.25, 0.3) is 0 Å². The van der Waals surface area contributed by atoms with Crippen molar-refractivity contribution in [1.82, 2.24) is 4.98 Å². The number of methoxy groups -OCH3 is 1. The minimum absolute atomic E-state index is 0.0376. The quantitative estimate of drug-likeness (QED) is 0.0391. The van der Waals surface area contributed by atoms with Crippen LogP contribution in [0.4, 0.5) is 46.5 Å². The van der Waals surface area contributed by atoms with Crippen molar-refractivity contribution in [3.63, 3.8) is 0 Å². The fraction of sp³-hybridized carbons (Fsp3) is 0.293. The summed E-state index contributed by atoms with van der Waals surface area (Å²) in [6, 6.07) is 20.5. The van der Waals surface area contributed by atoms with E-state index in [4.69, 9.17) is 28.8 Å². The van der Waals surface area contributed by atoms with E-state index in [9.17, 15) is 27.3 Å². The molecular weight excluding hydrogens is 812 g/mol. The summed E-state index contributed by atoms with van der Waals surface area (Å²) in [4.78, 5) is 28.3. The number of carbonyl (C=O) groups is 2. The van der Waals surface area contributed by atoms with Crippen molar-refractivity contribution in [3.8, 4) is 28.7 Å². The van der Waals surface area contributed by atoms with Crippen molar-refractivity contribution >= 4 is 62.7 Å². The Balaban J connectivity index is 1.30. The van der Waals surface area contributed by atoms with E-state index in [1.165, 1.54) is 25.6 Å². The topological polar surface area (TPSA) is 194 Å². The van der Waals surface area contributed by atoms with E-state index in [1.807, 2.05) is 51.1 Å². The Kier molecular flexibility index (Phi) is 15.1. The maximum absolute atomic E-state index is 13.5. The van der Waals surface area contributed by atoms with Gasteiger partial charge in [0, 0.05) is 46.9 Å². The summed E-state index contributed by atoms with van der Waals surface area (Å²) in [6.07, 6.45) is -2.02. The fourth-order valence-corrected chi connectivity index (χ4v) is 6.15. The Bertz CT molecular complexity index is 2270. The number of ether oxygens (including phenoxy) is 6. The second-order valence-electron chi connectivity index (χ2n) is 13.9. The number of anilines is 5. The molecule has 0 bridgehead atoms. The normalized spacial score (nSPS) is 12.0. The fourth-order valence-electron chi connectivity index (χ4n) is 5.69. The number of halogens is 3. The average molecular weight is 856 g/mol. The van der Waals surface area contributed by atoms with E-state index in [1.54, 1.807) is 30.3 Å². The molecule has 15 nitrogen and oxygen atoms in total. The maximum atomic E-state index is 13.5. The van der Waals surface area contributed by atoms with Crippen LogP contribution in [-0.2, 0) is 31.0 Å². The van der Waals surface area contributed by atoms with Crippen molar-refractivity contribution in [1.29, 1.82) is 0 Å². The summed E-state index contributed by atoms with van der Waals surface area (Å²) < 4.78 is 86.3. The molecule has 0 radical (unpaired) electrons. The standard InChI is InChI=1S/C41H44F3N5O10S/c1-40(2,3)25-18-33(38(54-4)34(19-25)49-60(5)53)48-39(52)47-32-10-11-35(31-9-7-6-8-30(31)32)58-27-12-13-45-36(23-27)46-26-20-28(22-29(21-26)59-41(42,43)44)57-17-16-55-14-15-56-24-37(50)51/h6-13,18-23,49H,14-17,24H2,1-5H3,(H,45,46)(H,50,51)(H2,47,48,52). The van der Waals surface area contributed by atoms with Crippen LogP contribution in [0.1, 0.15) is 26.3 Å². The third-order valence-electron chi connectivity index (χ3n) is 8.23. The minimum Gasteiger partial charge on any atom is -0.593 e. The van der Waals surface area contributed by atoms with Gasteiger partial charge < -0.3 is 54.0 Å². The number of carboxylic acid groups (broad SMARTS) is 1. The number of hydrogen-bond acceptors (Lipinski definition) is 12. The molecule has 1 atom stereocenters. The van der Waals surface area contributed by atoms with Gasteiger partial charge in [-0.25, -0.2) is 19.3 Å². The summed E-state index contributed by atoms with van der Waals surface area (Å²) in [6.45, 7) is 5.72. The lowest BCUT2D eigenvalue weighted by molar-refractivity contribution is -0.274. The van der Waals surface area contributed by atoms with Gasteiger partial charge in [-0.3, -0.25) is 0 Å². The minimum atomic E-state index is -4.97. The number of amides is 2. The highest BCUT2D eigenvalue weighted by atomic mass is 32.2. The number of urea groups is 1. The van der Waals surface area contributed by atoms with Crippen LogP contribution in [0.15, 0.2) is 85.1 Å². The van der Waals surface area contributed by atoms with Gasteiger partial charge in [-0.1, -0.05) is 45.0 Å². The SMILES string of the molecule is COc1c(NC(=O)Nc2ccc(Oc3ccnc(Nc4cc(OCCOCCOCC(=O)O)cc(OC(F)(F)F)c4)c3)c3ccccc23)cc(C(C)(C)C)cc1N[S+](C)[O-]. The number of nitrogens with zero attached hydrogens (tertiary/aromatic N) is 1. The van der Waals surface area contributed by atoms with E-state index in [-0.39, 0.29) is 49.1 Å². The van der Waals surface area contributed by atoms with Gasteiger partial charge in [0.05, 0.1) is 49.7 Å². The molecule has 1 heterocycles. The second kappa shape index (κ2) is 20.2. The zero-order valence-electron chi connectivity index (χ0n) is 33.2. The summed E-state index contributed by atoms with van der Waals surface area (Å²) in [5.41, 5.74) is 2.03. The van der Waals surface area contributed by atoms with Crippen molar-refractivity contribution in [3.05, 3.63) is 90.6 Å². The Morgan fingerprint density at radius 2 is 1.50 bits per heavy atom.